The summed E-state index contributed by atoms with van der Waals surface area (Å²) >= 11 is 0. The van der Waals surface area contributed by atoms with Crippen molar-refractivity contribution in [1.29, 1.82) is 0 Å². The van der Waals surface area contributed by atoms with E-state index < -0.39 is 0 Å². The zero-order valence-electron chi connectivity index (χ0n) is 18.3. The molecular formula is C24H27Cl2N3O3. The summed E-state index contributed by atoms with van der Waals surface area (Å²) in [6, 6.07) is 11.9. The van der Waals surface area contributed by atoms with Crippen LogP contribution in [0.4, 0.5) is 5.82 Å². The van der Waals surface area contributed by atoms with Crippen molar-refractivity contribution in [2.75, 3.05) is 26.6 Å². The summed E-state index contributed by atoms with van der Waals surface area (Å²) in [5.74, 6) is 2.71. The lowest BCUT2D eigenvalue weighted by Gasteiger charge is -2.13. The second kappa shape index (κ2) is 11.1. The molecule has 2 aromatic carbocycles. The van der Waals surface area contributed by atoms with Gasteiger partial charge in [-0.05, 0) is 59.3 Å². The van der Waals surface area contributed by atoms with Crippen LogP contribution >= 0.6 is 24.8 Å². The van der Waals surface area contributed by atoms with Crippen LogP contribution in [0.1, 0.15) is 24.5 Å². The van der Waals surface area contributed by atoms with Crippen LogP contribution in [-0.4, -0.2) is 30.8 Å². The molecule has 0 aliphatic heterocycles. The number of hydrogen-bond acceptors (Lipinski definition) is 6. The third kappa shape index (κ3) is 5.09. The minimum Gasteiger partial charge on any atom is -0.494 e. The Morgan fingerprint density at radius 3 is 2.34 bits per heavy atom. The Morgan fingerprint density at radius 1 is 0.875 bits per heavy atom. The second-order valence-corrected chi connectivity index (χ2v) is 7.14. The molecule has 0 radical (unpaired) electrons. The van der Waals surface area contributed by atoms with Crippen LogP contribution < -0.4 is 19.9 Å². The summed E-state index contributed by atoms with van der Waals surface area (Å²) in [6.07, 6.45) is 5.25. The zero-order chi connectivity index (χ0) is 21.1. The average molecular weight is 476 g/mol. The molecule has 2 heterocycles. The molecule has 0 bridgehead atoms. The topological polar surface area (TPSA) is 79.5 Å². The first kappa shape index (κ1) is 25.3. The van der Waals surface area contributed by atoms with Crippen LogP contribution in [-0.2, 0) is 6.42 Å². The molecule has 2 N–H and O–H groups in total. The molecule has 0 saturated carbocycles. The molecular weight excluding hydrogens is 449 g/mol. The Kier molecular flexibility index (Phi) is 8.75. The number of nitrogens with two attached hydrogens (primary N) is 1. The number of hydrogen-bond donors (Lipinski definition) is 1. The van der Waals surface area contributed by atoms with E-state index >= 15 is 0 Å². The average Bonchev–Trinajstić information content (AvgIpc) is 2.77. The number of pyridine rings is 2. The van der Waals surface area contributed by atoms with Gasteiger partial charge in [0, 0.05) is 29.6 Å². The molecule has 0 aliphatic rings. The van der Waals surface area contributed by atoms with Gasteiger partial charge in [0.1, 0.15) is 11.6 Å². The van der Waals surface area contributed by atoms with Gasteiger partial charge in [-0.1, -0.05) is 6.92 Å². The molecule has 170 valence electrons. The molecule has 0 aliphatic carbocycles. The highest BCUT2D eigenvalue weighted by atomic mass is 35.5. The lowest BCUT2D eigenvalue weighted by atomic mass is 9.99. The summed E-state index contributed by atoms with van der Waals surface area (Å²) < 4.78 is 16.7. The number of halogens is 2. The van der Waals surface area contributed by atoms with Gasteiger partial charge in [-0.2, -0.15) is 0 Å². The van der Waals surface area contributed by atoms with Crippen LogP contribution in [0.5, 0.6) is 17.2 Å². The molecule has 6 nitrogen and oxygen atoms in total. The maximum atomic E-state index is 6.29. The van der Waals surface area contributed by atoms with Crippen molar-refractivity contribution in [3.8, 4) is 17.2 Å². The van der Waals surface area contributed by atoms with Gasteiger partial charge in [0.25, 0.3) is 0 Å². The lowest BCUT2D eigenvalue weighted by Crippen LogP contribution is -2.01. The van der Waals surface area contributed by atoms with Crippen LogP contribution in [0.25, 0.3) is 21.7 Å². The Hall–Kier alpha value is -2.96. The molecule has 0 saturated heterocycles. The van der Waals surface area contributed by atoms with Crippen LogP contribution in [0, 0.1) is 0 Å². The molecule has 4 rings (SSSR count). The first-order valence-electron chi connectivity index (χ1n) is 9.93. The summed E-state index contributed by atoms with van der Waals surface area (Å²) in [7, 11) is 3.26. The maximum absolute atomic E-state index is 6.29. The number of methoxy groups -OCH3 is 2. The Balaban J connectivity index is 0.00000181. The van der Waals surface area contributed by atoms with Crippen LogP contribution in [0.15, 0.2) is 48.8 Å². The van der Waals surface area contributed by atoms with Gasteiger partial charge in [-0.3, -0.25) is 4.98 Å². The van der Waals surface area contributed by atoms with Gasteiger partial charge in [0.05, 0.1) is 26.3 Å². The normalized spacial score (nSPS) is 10.3. The molecule has 32 heavy (non-hydrogen) atoms. The van der Waals surface area contributed by atoms with Crippen molar-refractivity contribution in [3.05, 3.63) is 59.9 Å². The molecule has 0 unspecified atom stereocenters. The van der Waals surface area contributed by atoms with Gasteiger partial charge >= 0.3 is 0 Å². The molecule has 8 heteroatoms. The number of aromatic nitrogens is 2. The highest BCUT2D eigenvalue weighted by Crippen LogP contribution is 2.34. The molecule has 2 aromatic heterocycles. The van der Waals surface area contributed by atoms with E-state index in [9.17, 15) is 0 Å². The number of nitrogens with zero attached hydrogens (tertiary/aromatic N) is 2. The summed E-state index contributed by atoms with van der Waals surface area (Å²) in [4.78, 5) is 8.99. The van der Waals surface area contributed by atoms with Crippen molar-refractivity contribution in [2.24, 2.45) is 0 Å². The van der Waals surface area contributed by atoms with Crippen LogP contribution in [0.3, 0.4) is 0 Å². The molecule has 0 fully saturated rings. The number of fused-ring (bicyclic) bond motifs is 2. The Morgan fingerprint density at radius 2 is 1.62 bits per heavy atom. The van der Waals surface area contributed by atoms with Crippen molar-refractivity contribution in [3.63, 3.8) is 0 Å². The summed E-state index contributed by atoms with van der Waals surface area (Å²) in [5.41, 5.74) is 9.13. The van der Waals surface area contributed by atoms with E-state index in [0.717, 1.165) is 45.0 Å². The first-order chi connectivity index (χ1) is 14.6. The zero-order valence-corrected chi connectivity index (χ0v) is 19.9. The lowest BCUT2D eigenvalue weighted by molar-refractivity contribution is 0.318. The van der Waals surface area contributed by atoms with Crippen molar-refractivity contribution in [2.45, 2.75) is 19.8 Å². The van der Waals surface area contributed by atoms with Crippen molar-refractivity contribution >= 4 is 52.3 Å². The molecule has 4 aromatic rings. The number of nitrogen functional groups attached to an aromatic ring is 1. The highest BCUT2D eigenvalue weighted by Gasteiger charge is 2.12. The second-order valence-electron chi connectivity index (χ2n) is 7.14. The minimum absolute atomic E-state index is 0. The largest absolute Gasteiger partial charge is 0.494 e. The Bertz CT molecular complexity index is 1220. The van der Waals surface area contributed by atoms with Gasteiger partial charge in [-0.25, -0.2) is 4.98 Å². The van der Waals surface area contributed by atoms with E-state index in [2.05, 4.69) is 23.0 Å². The van der Waals surface area contributed by atoms with Gasteiger partial charge in [0.15, 0.2) is 11.5 Å². The molecule has 0 spiro atoms. The predicted molar refractivity (Wildman–Crippen MR) is 134 cm³/mol. The van der Waals surface area contributed by atoms with E-state index in [1.54, 1.807) is 14.2 Å². The fourth-order valence-corrected chi connectivity index (χ4v) is 3.57. The van der Waals surface area contributed by atoms with Crippen molar-refractivity contribution in [1.82, 2.24) is 9.97 Å². The predicted octanol–water partition coefficient (Wildman–Crippen LogP) is 5.61. The van der Waals surface area contributed by atoms with Crippen LogP contribution in [0.2, 0.25) is 0 Å². The molecule has 0 atom stereocenters. The van der Waals surface area contributed by atoms with Gasteiger partial charge in [0.2, 0.25) is 0 Å². The van der Waals surface area contributed by atoms with Gasteiger partial charge in [-0.15, -0.1) is 24.8 Å². The Labute approximate surface area is 199 Å². The van der Waals surface area contributed by atoms with E-state index in [1.165, 1.54) is 0 Å². The SMILES string of the molecule is CCCOc1ccc2nc(N)c(Cc3cncc4cc(OC)c(OC)cc34)cc2c1.Cl.Cl. The monoisotopic (exact) mass is 475 g/mol. The fourth-order valence-electron chi connectivity index (χ4n) is 3.57. The standard InChI is InChI=1S/C24H25N3O3.2ClH/c1-4-7-30-19-5-6-21-15(10-19)8-16(24(25)27-21)9-17-13-26-14-18-11-22(28-2)23(29-3)12-20(17)18;;/h5-6,8,10-14H,4,7,9H2,1-3H3,(H2,25,27);2*1H. The summed E-state index contributed by atoms with van der Waals surface area (Å²) in [6.45, 7) is 2.78. The highest BCUT2D eigenvalue weighted by molar-refractivity contribution is 5.89. The number of benzene rings is 2. The van der Waals surface area contributed by atoms with E-state index in [1.807, 2.05) is 42.7 Å². The smallest absolute Gasteiger partial charge is 0.161 e. The van der Waals surface area contributed by atoms with E-state index in [0.29, 0.717) is 30.3 Å². The van der Waals surface area contributed by atoms with Crippen molar-refractivity contribution < 1.29 is 14.2 Å². The van der Waals surface area contributed by atoms with Gasteiger partial charge < -0.3 is 19.9 Å². The number of anilines is 1. The number of rotatable bonds is 7. The minimum atomic E-state index is 0. The quantitative estimate of drug-likeness (QED) is 0.374. The third-order valence-corrected chi connectivity index (χ3v) is 5.10. The maximum Gasteiger partial charge on any atom is 0.161 e. The first-order valence-corrected chi connectivity index (χ1v) is 9.93. The number of ether oxygens (including phenoxy) is 3. The van der Waals surface area contributed by atoms with E-state index in [4.69, 9.17) is 19.9 Å². The van der Waals surface area contributed by atoms with E-state index in [-0.39, 0.29) is 24.8 Å². The molecule has 0 amide bonds. The fraction of sp³-hybridized carbons (Fsp3) is 0.250. The summed E-state index contributed by atoms with van der Waals surface area (Å²) in [5, 5.41) is 3.02. The third-order valence-electron chi connectivity index (χ3n) is 5.10.